The van der Waals surface area contributed by atoms with E-state index >= 15 is 0 Å². The highest BCUT2D eigenvalue weighted by Crippen LogP contribution is 2.19. The number of anilines is 1. The van der Waals surface area contributed by atoms with Crippen LogP contribution < -0.4 is 15.5 Å². The van der Waals surface area contributed by atoms with Crippen LogP contribution in [0.3, 0.4) is 0 Å². The summed E-state index contributed by atoms with van der Waals surface area (Å²) in [6.45, 7) is 5.75. The molecule has 2 heterocycles. The molecule has 3 aromatic rings. The minimum absolute atomic E-state index is 0.406. The normalized spacial score (nSPS) is 16.6. The maximum atomic E-state index is 4.79. The highest BCUT2D eigenvalue weighted by atomic mass is 15.3. The van der Waals surface area contributed by atoms with Gasteiger partial charge in [0.15, 0.2) is 5.96 Å². The van der Waals surface area contributed by atoms with Crippen LogP contribution in [0.5, 0.6) is 0 Å². The fraction of sp³-hybridized carbons (Fsp3) is 0.333. The van der Waals surface area contributed by atoms with Crippen LogP contribution in [-0.4, -0.2) is 48.0 Å². The smallest absolute Gasteiger partial charge is 0.191 e. The number of nitrogens with zero attached hydrogens (tertiary/aromatic N) is 4. The van der Waals surface area contributed by atoms with Gasteiger partial charge >= 0.3 is 0 Å². The second-order valence-electron chi connectivity index (χ2n) is 7.55. The molecule has 1 unspecified atom stereocenters. The Balaban J connectivity index is 1.31. The largest absolute Gasteiger partial charge is 0.369 e. The second-order valence-corrected chi connectivity index (χ2v) is 7.55. The lowest BCUT2D eigenvalue weighted by molar-refractivity contribution is 0.649. The fourth-order valence-corrected chi connectivity index (χ4v) is 3.77. The van der Waals surface area contributed by atoms with E-state index in [0.29, 0.717) is 6.04 Å². The van der Waals surface area contributed by atoms with Gasteiger partial charge < -0.3 is 15.5 Å². The quantitative estimate of drug-likeness (QED) is 0.471. The molecule has 6 nitrogen and oxygen atoms in total. The Morgan fingerprint density at radius 3 is 2.53 bits per heavy atom. The topological polar surface area (TPSA) is 57.5 Å². The third-order valence-electron chi connectivity index (χ3n) is 5.32. The third-order valence-corrected chi connectivity index (χ3v) is 5.32. The van der Waals surface area contributed by atoms with Gasteiger partial charge in [-0.3, -0.25) is 4.99 Å². The molecule has 2 N–H and O–H groups in total. The molecule has 2 aromatic carbocycles. The molecule has 1 atom stereocenters. The van der Waals surface area contributed by atoms with E-state index in [1.165, 1.54) is 11.3 Å². The summed E-state index contributed by atoms with van der Waals surface area (Å²) in [6, 6.07) is 21.2. The average Bonchev–Trinajstić information content (AvgIpc) is 3.45. The number of hydrogen-bond donors (Lipinski definition) is 2. The van der Waals surface area contributed by atoms with Gasteiger partial charge in [-0.15, -0.1) is 0 Å². The molecule has 1 aliphatic heterocycles. The Bertz CT molecular complexity index is 935. The Morgan fingerprint density at radius 1 is 1.07 bits per heavy atom. The number of nitrogens with one attached hydrogen (secondary N) is 2. The van der Waals surface area contributed by atoms with E-state index in [2.05, 4.69) is 76.2 Å². The molecule has 0 radical (unpaired) electrons. The van der Waals surface area contributed by atoms with E-state index in [9.17, 15) is 0 Å². The molecular formula is C24H30N6. The maximum Gasteiger partial charge on any atom is 0.191 e. The lowest BCUT2D eigenvalue weighted by Gasteiger charge is -2.20. The molecule has 1 aromatic heterocycles. The summed E-state index contributed by atoms with van der Waals surface area (Å²) in [4.78, 5) is 7.22. The zero-order valence-electron chi connectivity index (χ0n) is 17.5. The molecule has 1 fully saturated rings. The number of rotatable bonds is 7. The number of aromatic nitrogens is 2. The van der Waals surface area contributed by atoms with Crippen LogP contribution in [0.4, 0.5) is 5.69 Å². The lowest BCUT2D eigenvalue weighted by Crippen LogP contribution is -2.44. The van der Waals surface area contributed by atoms with Crippen molar-refractivity contribution in [2.45, 2.75) is 25.8 Å². The summed E-state index contributed by atoms with van der Waals surface area (Å²) in [5.74, 6) is 0.896. The maximum absolute atomic E-state index is 4.79. The Kier molecular flexibility index (Phi) is 6.65. The molecule has 1 saturated heterocycles. The SMILES string of the molecule is CCNC(=NCCc1cnn(-c2ccccc2)c1)NC1CCN(c2ccccc2)C1. The van der Waals surface area contributed by atoms with Crippen molar-refractivity contribution < 1.29 is 0 Å². The first-order valence-corrected chi connectivity index (χ1v) is 10.8. The summed E-state index contributed by atoms with van der Waals surface area (Å²) in [6.07, 6.45) is 5.99. The zero-order chi connectivity index (χ0) is 20.6. The summed E-state index contributed by atoms with van der Waals surface area (Å²) >= 11 is 0. The first-order valence-electron chi connectivity index (χ1n) is 10.8. The summed E-state index contributed by atoms with van der Waals surface area (Å²) in [5.41, 5.74) is 3.56. The molecule has 0 spiro atoms. The second kappa shape index (κ2) is 9.96. The van der Waals surface area contributed by atoms with Crippen molar-refractivity contribution in [3.05, 3.63) is 78.6 Å². The molecule has 0 amide bonds. The van der Waals surface area contributed by atoms with Gasteiger partial charge in [0.25, 0.3) is 0 Å². The molecule has 0 saturated carbocycles. The predicted octanol–water partition coefficient (Wildman–Crippen LogP) is 3.25. The first kappa shape index (κ1) is 20.0. The van der Waals surface area contributed by atoms with Crippen molar-refractivity contribution >= 4 is 11.6 Å². The molecule has 30 heavy (non-hydrogen) atoms. The Labute approximate surface area is 178 Å². The van der Waals surface area contributed by atoms with Crippen LogP contribution in [0.1, 0.15) is 18.9 Å². The van der Waals surface area contributed by atoms with Gasteiger partial charge in [-0.2, -0.15) is 5.10 Å². The van der Waals surface area contributed by atoms with Crippen LogP contribution >= 0.6 is 0 Å². The van der Waals surface area contributed by atoms with Crippen LogP contribution in [0, 0.1) is 0 Å². The number of guanidine groups is 1. The Morgan fingerprint density at radius 2 is 1.80 bits per heavy atom. The molecule has 0 bridgehead atoms. The van der Waals surface area contributed by atoms with Gasteiger partial charge in [-0.1, -0.05) is 36.4 Å². The predicted molar refractivity (Wildman–Crippen MR) is 123 cm³/mol. The van der Waals surface area contributed by atoms with E-state index in [-0.39, 0.29) is 0 Å². The van der Waals surface area contributed by atoms with Crippen molar-refractivity contribution in [1.29, 1.82) is 0 Å². The highest BCUT2D eigenvalue weighted by molar-refractivity contribution is 5.80. The van der Waals surface area contributed by atoms with E-state index in [0.717, 1.165) is 50.7 Å². The highest BCUT2D eigenvalue weighted by Gasteiger charge is 2.23. The molecular weight excluding hydrogens is 372 g/mol. The van der Waals surface area contributed by atoms with Crippen molar-refractivity contribution in [1.82, 2.24) is 20.4 Å². The first-order chi connectivity index (χ1) is 14.8. The van der Waals surface area contributed by atoms with Gasteiger partial charge in [0, 0.05) is 44.1 Å². The number of aliphatic imine (C=N–C) groups is 1. The van der Waals surface area contributed by atoms with Crippen molar-refractivity contribution in [2.24, 2.45) is 4.99 Å². The van der Waals surface area contributed by atoms with Crippen molar-refractivity contribution in [3.8, 4) is 5.69 Å². The minimum Gasteiger partial charge on any atom is -0.369 e. The monoisotopic (exact) mass is 402 g/mol. The summed E-state index contributed by atoms with van der Waals surface area (Å²) < 4.78 is 1.92. The molecule has 156 valence electrons. The van der Waals surface area contributed by atoms with Gasteiger partial charge in [-0.25, -0.2) is 4.68 Å². The van der Waals surface area contributed by atoms with Gasteiger partial charge in [0.1, 0.15) is 0 Å². The Hall–Kier alpha value is -3.28. The molecule has 4 rings (SSSR count). The molecule has 6 heteroatoms. The van der Waals surface area contributed by atoms with E-state index in [4.69, 9.17) is 4.99 Å². The average molecular weight is 403 g/mol. The number of hydrogen-bond acceptors (Lipinski definition) is 3. The van der Waals surface area contributed by atoms with E-state index in [1.54, 1.807) is 0 Å². The lowest BCUT2D eigenvalue weighted by atomic mass is 10.2. The van der Waals surface area contributed by atoms with E-state index in [1.807, 2.05) is 29.1 Å². The van der Waals surface area contributed by atoms with Crippen molar-refractivity contribution in [2.75, 3.05) is 31.1 Å². The van der Waals surface area contributed by atoms with Crippen LogP contribution in [-0.2, 0) is 6.42 Å². The van der Waals surface area contributed by atoms with Crippen molar-refractivity contribution in [3.63, 3.8) is 0 Å². The molecule has 0 aliphatic carbocycles. The third kappa shape index (κ3) is 5.20. The summed E-state index contributed by atoms with van der Waals surface area (Å²) in [5, 5.41) is 11.5. The zero-order valence-corrected chi connectivity index (χ0v) is 17.5. The van der Waals surface area contributed by atoms with E-state index < -0.39 is 0 Å². The van der Waals surface area contributed by atoms with Crippen LogP contribution in [0.25, 0.3) is 5.69 Å². The molecule has 1 aliphatic rings. The summed E-state index contributed by atoms with van der Waals surface area (Å²) in [7, 11) is 0. The van der Waals surface area contributed by atoms with Crippen LogP contribution in [0.2, 0.25) is 0 Å². The minimum atomic E-state index is 0.406. The van der Waals surface area contributed by atoms with Gasteiger partial charge in [0.05, 0.1) is 11.9 Å². The standard InChI is InChI=1S/C24H30N6/c1-2-25-24(28-21-14-16-29(19-21)22-9-5-3-6-10-22)26-15-13-20-17-27-30(18-20)23-11-7-4-8-12-23/h3-12,17-18,21H,2,13-16,19H2,1H3,(H2,25,26,28). The number of benzene rings is 2. The number of para-hydroxylation sites is 2. The fourth-order valence-electron chi connectivity index (χ4n) is 3.77. The van der Waals surface area contributed by atoms with Crippen LogP contribution in [0.15, 0.2) is 78.0 Å². The van der Waals surface area contributed by atoms with Gasteiger partial charge in [0.2, 0.25) is 0 Å². The van der Waals surface area contributed by atoms with Gasteiger partial charge in [-0.05, 0) is 49.6 Å².